The summed E-state index contributed by atoms with van der Waals surface area (Å²) in [6.45, 7) is 3.91. The van der Waals surface area contributed by atoms with Crippen LogP contribution in [0.5, 0.6) is 0 Å². The van der Waals surface area contributed by atoms with Gasteiger partial charge in [-0.3, -0.25) is 0 Å². The van der Waals surface area contributed by atoms with E-state index in [4.69, 9.17) is 0 Å². The highest BCUT2D eigenvalue weighted by Crippen LogP contribution is 2.34. The van der Waals surface area contributed by atoms with Crippen molar-refractivity contribution in [2.75, 3.05) is 5.75 Å². The Morgan fingerprint density at radius 2 is 2.12 bits per heavy atom. The summed E-state index contributed by atoms with van der Waals surface area (Å²) in [5.41, 5.74) is 0.794. The van der Waals surface area contributed by atoms with E-state index in [2.05, 4.69) is 0 Å². The molecule has 0 radical (unpaired) electrons. The van der Waals surface area contributed by atoms with Crippen molar-refractivity contribution in [1.82, 2.24) is 0 Å². The first-order chi connectivity index (χ1) is 7.92. The molecule has 3 nitrogen and oxygen atoms in total. The minimum Gasteiger partial charge on any atom is -0.387 e. The summed E-state index contributed by atoms with van der Waals surface area (Å²) in [6, 6.07) is 1.91. The van der Waals surface area contributed by atoms with Gasteiger partial charge in [-0.2, -0.15) is 0 Å². The lowest BCUT2D eigenvalue weighted by Gasteiger charge is -2.26. The van der Waals surface area contributed by atoms with Crippen molar-refractivity contribution in [3.05, 3.63) is 21.4 Å². The molecule has 1 aromatic heterocycles. The summed E-state index contributed by atoms with van der Waals surface area (Å²) >= 11 is 1.61. The van der Waals surface area contributed by atoms with Crippen LogP contribution < -0.4 is 0 Å². The zero-order valence-corrected chi connectivity index (χ0v) is 11.8. The predicted octanol–water partition coefficient (Wildman–Crippen LogP) is 2.37. The molecule has 2 atom stereocenters. The molecule has 1 aliphatic rings. The molecule has 2 rings (SSSR count). The van der Waals surface area contributed by atoms with E-state index in [1.807, 2.05) is 19.9 Å². The third-order valence-corrected chi connectivity index (χ3v) is 6.63. The molecular weight excluding hydrogens is 256 g/mol. The van der Waals surface area contributed by atoms with Gasteiger partial charge in [-0.05, 0) is 38.3 Å². The van der Waals surface area contributed by atoms with E-state index >= 15 is 0 Å². The molecule has 0 amide bonds. The van der Waals surface area contributed by atoms with Crippen LogP contribution in [0, 0.1) is 13.8 Å². The van der Waals surface area contributed by atoms with Gasteiger partial charge in [-0.1, -0.05) is 6.42 Å². The van der Waals surface area contributed by atoms with Crippen LogP contribution >= 0.6 is 11.3 Å². The Hall–Kier alpha value is -0.390. The number of hydrogen-bond acceptors (Lipinski definition) is 4. The number of hydrogen-bond donors (Lipinski definition) is 1. The summed E-state index contributed by atoms with van der Waals surface area (Å²) in [5.74, 6) is 0.219. The fraction of sp³-hybridized carbons (Fsp3) is 0.667. The number of aliphatic hydroxyl groups is 1. The van der Waals surface area contributed by atoms with Crippen molar-refractivity contribution in [2.24, 2.45) is 0 Å². The predicted molar refractivity (Wildman–Crippen MR) is 70.2 cm³/mol. The molecule has 1 N–H and O–H groups in total. The quantitative estimate of drug-likeness (QED) is 0.900. The van der Waals surface area contributed by atoms with Gasteiger partial charge in [0.25, 0.3) is 0 Å². The van der Waals surface area contributed by atoms with Crippen molar-refractivity contribution >= 4 is 21.2 Å². The smallest absolute Gasteiger partial charge is 0.156 e. The minimum atomic E-state index is -3.12. The summed E-state index contributed by atoms with van der Waals surface area (Å²) < 4.78 is 23.9. The van der Waals surface area contributed by atoms with Crippen LogP contribution in [-0.4, -0.2) is 24.5 Å². The van der Waals surface area contributed by atoms with Gasteiger partial charge in [-0.25, -0.2) is 8.42 Å². The molecule has 0 saturated carbocycles. The van der Waals surface area contributed by atoms with Crippen LogP contribution in [0.2, 0.25) is 0 Å². The van der Waals surface area contributed by atoms with E-state index in [-0.39, 0.29) is 5.75 Å². The van der Waals surface area contributed by atoms with Crippen molar-refractivity contribution in [3.63, 3.8) is 0 Å². The monoisotopic (exact) mass is 274 g/mol. The first-order valence-electron chi connectivity index (χ1n) is 5.88. The summed E-state index contributed by atoms with van der Waals surface area (Å²) in [6.07, 6.45) is 1.35. The number of thiophene rings is 1. The molecule has 1 saturated heterocycles. The SMILES string of the molecule is Cc1cc(C(O)C2CCCCS2(=O)=O)c(C)s1. The maximum atomic E-state index is 12.0. The Morgan fingerprint density at radius 1 is 1.41 bits per heavy atom. The summed E-state index contributed by atoms with van der Waals surface area (Å²) in [4.78, 5) is 2.14. The van der Waals surface area contributed by atoms with Crippen molar-refractivity contribution in [1.29, 1.82) is 0 Å². The molecule has 5 heteroatoms. The van der Waals surface area contributed by atoms with E-state index < -0.39 is 21.2 Å². The van der Waals surface area contributed by atoms with Crippen LogP contribution in [0.25, 0.3) is 0 Å². The van der Waals surface area contributed by atoms with Gasteiger partial charge in [0.15, 0.2) is 9.84 Å². The molecular formula is C12H18O3S2. The van der Waals surface area contributed by atoms with Crippen LogP contribution in [-0.2, 0) is 9.84 Å². The maximum Gasteiger partial charge on any atom is 0.156 e. The third kappa shape index (κ3) is 2.56. The maximum absolute atomic E-state index is 12.0. The molecule has 0 spiro atoms. The first-order valence-corrected chi connectivity index (χ1v) is 8.41. The third-order valence-electron chi connectivity index (χ3n) is 3.38. The minimum absolute atomic E-state index is 0.219. The average Bonchev–Trinajstić information content (AvgIpc) is 2.56. The first kappa shape index (κ1) is 13.1. The lowest BCUT2D eigenvalue weighted by Crippen LogP contribution is -2.33. The Bertz CT molecular complexity index is 502. The average molecular weight is 274 g/mol. The molecule has 0 bridgehead atoms. The fourth-order valence-corrected chi connectivity index (χ4v) is 5.42. The van der Waals surface area contributed by atoms with Gasteiger partial charge in [0, 0.05) is 9.75 Å². The van der Waals surface area contributed by atoms with E-state index in [0.29, 0.717) is 6.42 Å². The topological polar surface area (TPSA) is 54.4 Å². The lowest BCUT2D eigenvalue weighted by molar-refractivity contribution is 0.164. The van der Waals surface area contributed by atoms with Gasteiger partial charge in [0.05, 0.1) is 17.1 Å². The largest absolute Gasteiger partial charge is 0.387 e. The lowest BCUT2D eigenvalue weighted by atomic mass is 10.0. The van der Waals surface area contributed by atoms with Crippen LogP contribution in [0.15, 0.2) is 6.07 Å². The van der Waals surface area contributed by atoms with E-state index in [1.54, 1.807) is 11.3 Å². The highest BCUT2D eigenvalue weighted by atomic mass is 32.2. The zero-order chi connectivity index (χ0) is 12.6. The Morgan fingerprint density at radius 3 is 2.65 bits per heavy atom. The molecule has 1 aromatic rings. The highest BCUT2D eigenvalue weighted by molar-refractivity contribution is 7.92. The second-order valence-electron chi connectivity index (χ2n) is 4.71. The van der Waals surface area contributed by atoms with Gasteiger partial charge in [0.2, 0.25) is 0 Å². The van der Waals surface area contributed by atoms with E-state index in [1.165, 1.54) is 0 Å². The van der Waals surface area contributed by atoms with Gasteiger partial charge >= 0.3 is 0 Å². The molecule has 0 aromatic carbocycles. The second kappa shape index (κ2) is 4.71. The Labute approximate surface area is 106 Å². The molecule has 17 heavy (non-hydrogen) atoms. The summed E-state index contributed by atoms with van der Waals surface area (Å²) in [7, 11) is -3.12. The molecule has 96 valence electrons. The normalized spacial score (nSPS) is 25.7. The van der Waals surface area contributed by atoms with Crippen LogP contribution in [0.1, 0.15) is 40.7 Å². The Kier molecular flexibility index (Phi) is 3.61. The highest BCUT2D eigenvalue weighted by Gasteiger charge is 2.36. The van der Waals surface area contributed by atoms with Gasteiger partial charge < -0.3 is 5.11 Å². The van der Waals surface area contributed by atoms with E-state index in [9.17, 15) is 13.5 Å². The fourth-order valence-electron chi connectivity index (χ4n) is 2.48. The van der Waals surface area contributed by atoms with Crippen molar-refractivity contribution in [3.8, 4) is 0 Å². The van der Waals surface area contributed by atoms with Crippen molar-refractivity contribution in [2.45, 2.75) is 44.5 Å². The number of aliphatic hydroxyl groups excluding tert-OH is 1. The van der Waals surface area contributed by atoms with Crippen molar-refractivity contribution < 1.29 is 13.5 Å². The molecule has 1 aliphatic heterocycles. The summed E-state index contributed by atoms with van der Waals surface area (Å²) in [5, 5.41) is 9.70. The van der Waals surface area contributed by atoms with Crippen LogP contribution in [0.4, 0.5) is 0 Å². The zero-order valence-electron chi connectivity index (χ0n) is 10.1. The molecule has 1 fully saturated rings. The standard InChI is InChI=1S/C12H18O3S2/c1-8-7-10(9(2)16-8)12(13)11-5-3-4-6-17(11,14)15/h7,11-13H,3-6H2,1-2H3. The van der Waals surface area contributed by atoms with Crippen LogP contribution in [0.3, 0.4) is 0 Å². The molecule has 2 heterocycles. The van der Waals surface area contributed by atoms with E-state index in [0.717, 1.165) is 28.2 Å². The molecule has 0 aliphatic carbocycles. The Balaban J connectivity index is 2.31. The molecule has 2 unspecified atom stereocenters. The van der Waals surface area contributed by atoms with Gasteiger partial charge in [-0.15, -0.1) is 11.3 Å². The van der Waals surface area contributed by atoms with Gasteiger partial charge in [0.1, 0.15) is 0 Å². The number of rotatable bonds is 2. The number of aryl methyl sites for hydroxylation is 2. The second-order valence-corrected chi connectivity index (χ2v) is 8.51. The number of sulfone groups is 1.